The van der Waals surface area contributed by atoms with E-state index >= 15 is 0 Å². The fourth-order valence-electron chi connectivity index (χ4n) is 1.47. The summed E-state index contributed by atoms with van der Waals surface area (Å²) in [6.07, 6.45) is 3.31. The Morgan fingerprint density at radius 2 is 2.18 bits per heavy atom. The van der Waals surface area contributed by atoms with Gasteiger partial charge < -0.3 is 5.32 Å². The summed E-state index contributed by atoms with van der Waals surface area (Å²) in [7, 11) is 1.86. The molecular formula is C11H16ClN5. The summed E-state index contributed by atoms with van der Waals surface area (Å²) in [5, 5.41) is 8.40. The van der Waals surface area contributed by atoms with Crippen molar-refractivity contribution in [2.45, 2.75) is 13.8 Å². The summed E-state index contributed by atoms with van der Waals surface area (Å²) in [5.74, 6) is 1.41. The van der Waals surface area contributed by atoms with Crippen molar-refractivity contribution in [3.05, 3.63) is 12.5 Å². The number of rotatable bonds is 4. The Balaban J connectivity index is 2.25. The maximum absolute atomic E-state index is 5.89. The van der Waals surface area contributed by atoms with Gasteiger partial charge in [-0.05, 0) is 5.41 Å². The lowest BCUT2D eigenvalue weighted by Gasteiger charge is -2.22. The second-order valence-electron chi connectivity index (χ2n) is 4.88. The Kier molecular flexibility index (Phi) is 3.19. The van der Waals surface area contributed by atoms with Crippen molar-refractivity contribution in [1.29, 1.82) is 0 Å². The largest absolute Gasteiger partial charge is 0.369 e. The molecule has 1 N–H and O–H groups in total. The van der Waals surface area contributed by atoms with Gasteiger partial charge in [-0.2, -0.15) is 5.10 Å². The zero-order chi connectivity index (χ0) is 12.5. The van der Waals surface area contributed by atoms with Gasteiger partial charge in [-0.1, -0.05) is 13.8 Å². The Morgan fingerprint density at radius 1 is 1.41 bits per heavy atom. The molecule has 6 heteroatoms. The average molecular weight is 254 g/mol. The molecule has 0 spiro atoms. The molecule has 2 rings (SSSR count). The summed E-state index contributed by atoms with van der Waals surface area (Å²) < 4.78 is 1.73. The molecule has 0 amide bonds. The van der Waals surface area contributed by atoms with Crippen molar-refractivity contribution < 1.29 is 0 Å². The van der Waals surface area contributed by atoms with E-state index in [4.69, 9.17) is 11.6 Å². The zero-order valence-electron chi connectivity index (χ0n) is 10.2. The lowest BCUT2D eigenvalue weighted by atomic mass is 9.96. The number of nitrogens with zero attached hydrogens (tertiary/aromatic N) is 4. The van der Waals surface area contributed by atoms with Crippen LogP contribution < -0.4 is 5.32 Å². The summed E-state index contributed by atoms with van der Waals surface area (Å²) in [4.78, 5) is 8.43. The number of fused-ring (bicyclic) bond motifs is 1. The summed E-state index contributed by atoms with van der Waals surface area (Å²) in [6.45, 7) is 4.97. The van der Waals surface area contributed by atoms with Crippen LogP contribution in [0.25, 0.3) is 11.0 Å². The van der Waals surface area contributed by atoms with Crippen molar-refractivity contribution in [3.8, 4) is 0 Å². The van der Waals surface area contributed by atoms with Crippen LogP contribution in [-0.4, -0.2) is 32.2 Å². The van der Waals surface area contributed by atoms with Gasteiger partial charge >= 0.3 is 0 Å². The molecule has 2 aromatic rings. The fourth-order valence-corrected chi connectivity index (χ4v) is 1.57. The highest BCUT2D eigenvalue weighted by atomic mass is 35.5. The molecule has 2 heterocycles. The number of aromatic nitrogens is 4. The Hall–Kier alpha value is -1.36. The standard InChI is InChI=1S/C11H16ClN5/c1-11(2,5-12)6-13-9-8-4-16-17(3)10(8)15-7-14-9/h4,7H,5-6H2,1-3H3,(H,13,14,15). The smallest absolute Gasteiger partial charge is 0.163 e. The first-order valence-electron chi connectivity index (χ1n) is 5.46. The van der Waals surface area contributed by atoms with E-state index in [0.29, 0.717) is 5.88 Å². The number of alkyl halides is 1. The first-order valence-corrected chi connectivity index (χ1v) is 5.99. The molecule has 0 atom stereocenters. The molecule has 0 fully saturated rings. The van der Waals surface area contributed by atoms with Crippen LogP contribution >= 0.6 is 11.6 Å². The first kappa shape index (κ1) is 12.1. The number of aryl methyl sites for hydroxylation is 1. The van der Waals surface area contributed by atoms with E-state index in [1.165, 1.54) is 0 Å². The SMILES string of the molecule is Cn1ncc2c(NCC(C)(C)CCl)ncnc21. The molecule has 0 radical (unpaired) electrons. The Morgan fingerprint density at radius 3 is 2.88 bits per heavy atom. The number of hydrogen-bond donors (Lipinski definition) is 1. The summed E-state index contributed by atoms with van der Waals surface area (Å²) in [6, 6.07) is 0. The highest BCUT2D eigenvalue weighted by molar-refractivity contribution is 6.18. The lowest BCUT2D eigenvalue weighted by Crippen LogP contribution is -2.25. The second kappa shape index (κ2) is 4.49. The van der Waals surface area contributed by atoms with Gasteiger partial charge in [-0.15, -0.1) is 11.6 Å². The molecule has 5 nitrogen and oxygen atoms in total. The van der Waals surface area contributed by atoms with Crippen LogP contribution in [0.2, 0.25) is 0 Å². The minimum absolute atomic E-state index is 0.0288. The van der Waals surface area contributed by atoms with E-state index in [1.54, 1.807) is 17.2 Å². The Bertz CT molecular complexity index is 520. The van der Waals surface area contributed by atoms with Gasteiger partial charge in [0.15, 0.2) is 5.65 Å². The molecular weight excluding hydrogens is 238 g/mol. The van der Waals surface area contributed by atoms with Gasteiger partial charge in [0.2, 0.25) is 0 Å². The summed E-state index contributed by atoms with van der Waals surface area (Å²) >= 11 is 5.89. The van der Waals surface area contributed by atoms with Gasteiger partial charge in [0.25, 0.3) is 0 Å². The van der Waals surface area contributed by atoms with E-state index in [2.05, 4.69) is 34.2 Å². The molecule has 0 saturated heterocycles. The molecule has 0 saturated carbocycles. The van der Waals surface area contributed by atoms with Crippen molar-refractivity contribution >= 4 is 28.5 Å². The van der Waals surface area contributed by atoms with Crippen LogP contribution in [0.15, 0.2) is 12.5 Å². The van der Waals surface area contributed by atoms with Crippen LogP contribution in [0.1, 0.15) is 13.8 Å². The zero-order valence-corrected chi connectivity index (χ0v) is 11.0. The van der Waals surface area contributed by atoms with Crippen LogP contribution in [0.3, 0.4) is 0 Å². The molecule has 17 heavy (non-hydrogen) atoms. The predicted molar refractivity (Wildman–Crippen MR) is 69.3 cm³/mol. The van der Waals surface area contributed by atoms with Crippen molar-refractivity contribution in [3.63, 3.8) is 0 Å². The van der Waals surface area contributed by atoms with Crippen molar-refractivity contribution in [1.82, 2.24) is 19.7 Å². The van der Waals surface area contributed by atoms with Crippen LogP contribution in [0.4, 0.5) is 5.82 Å². The quantitative estimate of drug-likeness (QED) is 0.848. The minimum Gasteiger partial charge on any atom is -0.369 e. The predicted octanol–water partition coefficient (Wildman–Crippen LogP) is 2.04. The summed E-state index contributed by atoms with van der Waals surface area (Å²) in [5.41, 5.74) is 0.854. The van der Waals surface area contributed by atoms with Crippen LogP contribution in [-0.2, 0) is 7.05 Å². The van der Waals surface area contributed by atoms with E-state index in [-0.39, 0.29) is 5.41 Å². The maximum atomic E-state index is 5.89. The topological polar surface area (TPSA) is 55.6 Å². The third kappa shape index (κ3) is 2.49. The number of halogens is 1. The second-order valence-corrected chi connectivity index (χ2v) is 5.15. The van der Waals surface area contributed by atoms with Gasteiger partial charge in [0, 0.05) is 19.5 Å². The lowest BCUT2D eigenvalue weighted by molar-refractivity contribution is 0.450. The normalized spacial score (nSPS) is 12.0. The molecule has 0 aliphatic rings. The monoisotopic (exact) mass is 253 g/mol. The van der Waals surface area contributed by atoms with Crippen molar-refractivity contribution in [2.75, 3.05) is 17.7 Å². The van der Waals surface area contributed by atoms with Gasteiger partial charge in [0.1, 0.15) is 12.1 Å². The highest BCUT2D eigenvalue weighted by Gasteiger charge is 2.17. The Labute approximate surface area is 105 Å². The van der Waals surface area contributed by atoms with E-state index < -0.39 is 0 Å². The molecule has 0 unspecified atom stereocenters. The van der Waals surface area contributed by atoms with E-state index in [1.807, 2.05) is 7.05 Å². The molecule has 0 aromatic carbocycles. The van der Waals surface area contributed by atoms with E-state index in [9.17, 15) is 0 Å². The number of hydrogen-bond acceptors (Lipinski definition) is 4. The van der Waals surface area contributed by atoms with Crippen molar-refractivity contribution in [2.24, 2.45) is 12.5 Å². The highest BCUT2D eigenvalue weighted by Crippen LogP contribution is 2.21. The van der Waals surface area contributed by atoms with Gasteiger partial charge in [-0.3, -0.25) is 4.68 Å². The van der Waals surface area contributed by atoms with Gasteiger partial charge in [0.05, 0.1) is 11.6 Å². The number of anilines is 1. The third-order valence-corrected chi connectivity index (χ3v) is 3.35. The van der Waals surface area contributed by atoms with E-state index in [0.717, 1.165) is 23.4 Å². The molecule has 2 aromatic heterocycles. The van der Waals surface area contributed by atoms with Crippen LogP contribution in [0.5, 0.6) is 0 Å². The van der Waals surface area contributed by atoms with Crippen LogP contribution in [0, 0.1) is 5.41 Å². The fraction of sp³-hybridized carbons (Fsp3) is 0.545. The molecule has 92 valence electrons. The first-order chi connectivity index (χ1) is 8.03. The van der Waals surface area contributed by atoms with Gasteiger partial charge in [-0.25, -0.2) is 9.97 Å². The maximum Gasteiger partial charge on any atom is 0.163 e. The molecule has 0 bridgehead atoms. The molecule has 0 aliphatic carbocycles. The average Bonchev–Trinajstić information content (AvgIpc) is 2.70. The molecule has 0 aliphatic heterocycles. The third-order valence-electron chi connectivity index (χ3n) is 2.63. The number of nitrogens with one attached hydrogen (secondary N) is 1. The minimum atomic E-state index is 0.0288.